The molecule has 1 heterocycles. The van der Waals surface area contributed by atoms with Gasteiger partial charge in [-0.1, -0.05) is 41.1 Å². The summed E-state index contributed by atoms with van der Waals surface area (Å²) in [5.41, 5.74) is 3.22. The second kappa shape index (κ2) is 8.10. The van der Waals surface area contributed by atoms with E-state index in [4.69, 9.17) is 11.6 Å². The van der Waals surface area contributed by atoms with E-state index in [0.29, 0.717) is 10.9 Å². The quantitative estimate of drug-likeness (QED) is 0.794. The van der Waals surface area contributed by atoms with E-state index >= 15 is 0 Å². The van der Waals surface area contributed by atoms with Gasteiger partial charge in [-0.05, 0) is 43.7 Å². The molecule has 1 atom stereocenters. The molecule has 8 heteroatoms. The molecule has 2 aromatic carbocycles. The smallest absolute Gasteiger partial charge is 0.240 e. The van der Waals surface area contributed by atoms with Gasteiger partial charge in [0.1, 0.15) is 11.1 Å². The molecule has 27 heavy (non-hydrogen) atoms. The molecular formula is C19H17ClFN3O2S. The van der Waals surface area contributed by atoms with Gasteiger partial charge in [-0.2, -0.15) is 0 Å². The molecule has 0 spiro atoms. The predicted octanol–water partition coefficient (Wildman–Crippen LogP) is 4.34. The van der Waals surface area contributed by atoms with Crippen molar-refractivity contribution in [2.75, 3.05) is 5.32 Å². The number of aliphatic imine (C=N–C) groups is 1. The Balaban J connectivity index is 1.64. The summed E-state index contributed by atoms with van der Waals surface area (Å²) >= 11 is 6.89. The molecule has 0 unspecified atom stereocenters. The van der Waals surface area contributed by atoms with E-state index in [1.165, 1.54) is 18.2 Å². The first-order valence-electron chi connectivity index (χ1n) is 8.20. The first-order valence-corrected chi connectivity index (χ1v) is 9.46. The minimum atomic E-state index is -0.578. The zero-order chi connectivity index (χ0) is 19.6. The number of carbonyl (C=O) groups excluding carboxylic acids is 2. The number of hydrogen-bond donors (Lipinski definition) is 2. The molecule has 140 valence electrons. The molecule has 0 saturated carbocycles. The summed E-state index contributed by atoms with van der Waals surface area (Å²) in [6.07, 6.45) is 0.0208. The third-order valence-electron chi connectivity index (χ3n) is 3.94. The average molecular weight is 406 g/mol. The van der Waals surface area contributed by atoms with Crippen LogP contribution in [0.15, 0.2) is 41.4 Å². The van der Waals surface area contributed by atoms with E-state index in [1.807, 2.05) is 32.0 Å². The number of anilines is 1. The molecule has 5 nitrogen and oxygen atoms in total. The van der Waals surface area contributed by atoms with Crippen molar-refractivity contribution in [2.24, 2.45) is 4.99 Å². The topological polar surface area (TPSA) is 70.6 Å². The Labute approximate surface area is 165 Å². The normalized spacial score (nSPS) is 17.9. The van der Waals surface area contributed by atoms with E-state index in [0.717, 1.165) is 28.6 Å². The van der Waals surface area contributed by atoms with Crippen molar-refractivity contribution in [1.82, 2.24) is 5.32 Å². The number of carbonyl (C=O) groups is 2. The Hall–Kier alpha value is -2.38. The highest BCUT2D eigenvalue weighted by molar-refractivity contribution is 8.15. The highest BCUT2D eigenvalue weighted by Crippen LogP contribution is 2.27. The number of amidine groups is 1. The molecule has 1 aliphatic rings. The lowest BCUT2D eigenvalue weighted by molar-refractivity contribution is -0.122. The van der Waals surface area contributed by atoms with Gasteiger partial charge in [-0.15, -0.1) is 0 Å². The third-order valence-corrected chi connectivity index (χ3v) is 5.31. The molecule has 0 radical (unpaired) electrons. The summed E-state index contributed by atoms with van der Waals surface area (Å²) in [5.74, 6) is -1.08. The Morgan fingerprint density at radius 2 is 2.07 bits per heavy atom. The van der Waals surface area contributed by atoms with Crippen LogP contribution in [0.3, 0.4) is 0 Å². The van der Waals surface area contributed by atoms with Crippen molar-refractivity contribution in [2.45, 2.75) is 25.5 Å². The van der Waals surface area contributed by atoms with Crippen LogP contribution in [0.2, 0.25) is 5.02 Å². The third kappa shape index (κ3) is 4.87. The molecule has 1 fully saturated rings. The highest BCUT2D eigenvalue weighted by Gasteiger charge is 2.32. The lowest BCUT2D eigenvalue weighted by Gasteiger charge is -2.10. The van der Waals surface area contributed by atoms with Crippen LogP contribution in [0.1, 0.15) is 17.5 Å². The monoisotopic (exact) mass is 405 g/mol. The van der Waals surface area contributed by atoms with Crippen LogP contribution in [0, 0.1) is 19.7 Å². The number of amides is 2. The van der Waals surface area contributed by atoms with Crippen molar-refractivity contribution >= 4 is 51.7 Å². The van der Waals surface area contributed by atoms with Gasteiger partial charge in [-0.25, -0.2) is 9.38 Å². The van der Waals surface area contributed by atoms with Gasteiger partial charge < -0.3 is 10.6 Å². The molecule has 0 aromatic heterocycles. The van der Waals surface area contributed by atoms with E-state index in [9.17, 15) is 14.0 Å². The second-order valence-corrected chi connectivity index (χ2v) is 7.78. The molecule has 2 amide bonds. The van der Waals surface area contributed by atoms with Crippen LogP contribution < -0.4 is 10.6 Å². The van der Waals surface area contributed by atoms with Crippen LogP contribution in [0.25, 0.3) is 0 Å². The van der Waals surface area contributed by atoms with Gasteiger partial charge in [0.2, 0.25) is 11.8 Å². The summed E-state index contributed by atoms with van der Waals surface area (Å²) in [4.78, 5) is 28.7. The van der Waals surface area contributed by atoms with Crippen LogP contribution in [0.4, 0.5) is 15.8 Å². The molecule has 3 rings (SSSR count). The minimum Gasteiger partial charge on any atom is -0.326 e. The first kappa shape index (κ1) is 19.4. The number of aryl methyl sites for hydroxylation is 2. The summed E-state index contributed by atoms with van der Waals surface area (Å²) in [6, 6.07) is 9.77. The van der Waals surface area contributed by atoms with Crippen molar-refractivity contribution in [3.63, 3.8) is 0 Å². The summed E-state index contributed by atoms with van der Waals surface area (Å²) < 4.78 is 13.2. The SMILES string of the molecule is Cc1ccc(NC(=O)C[C@@H]2SC(=Nc3ccc(F)c(Cl)c3)NC2=O)c(C)c1. The predicted molar refractivity (Wildman–Crippen MR) is 107 cm³/mol. The summed E-state index contributed by atoms with van der Waals surface area (Å²) in [6.45, 7) is 3.89. The molecule has 0 aliphatic carbocycles. The molecule has 0 bridgehead atoms. The maximum atomic E-state index is 13.2. The van der Waals surface area contributed by atoms with Gasteiger partial charge in [-0.3, -0.25) is 9.59 Å². The van der Waals surface area contributed by atoms with Gasteiger partial charge in [0, 0.05) is 12.1 Å². The zero-order valence-corrected chi connectivity index (χ0v) is 16.2. The van der Waals surface area contributed by atoms with Crippen LogP contribution >= 0.6 is 23.4 Å². The van der Waals surface area contributed by atoms with E-state index in [1.54, 1.807) is 0 Å². The fourth-order valence-electron chi connectivity index (χ4n) is 2.59. The van der Waals surface area contributed by atoms with Gasteiger partial charge in [0.15, 0.2) is 5.17 Å². The molecule has 1 aliphatic heterocycles. The molecular weight excluding hydrogens is 389 g/mol. The van der Waals surface area contributed by atoms with Crippen molar-refractivity contribution < 1.29 is 14.0 Å². The Bertz CT molecular complexity index is 949. The van der Waals surface area contributed by atoms with Gasteiger partial charge in [0.25, 0.3) is 0 Å². The second-order valence-electron chi connectivity index (χ2n) is 6.18. The minimum absolute atomic E-state index is 0.0208. The van der Waals surface area contributed by atoms with Gasteiger partial charge in [0.05, 0.1) is 10.7 Å². The Morgan fingerprint density at radius 3 is 2.78 bits per heavy atom. The highest BCUT2D eigenvalue weighted by atomic mass is 35.5. The van der Waals surface area contributed by atoms with Crippen molar-refractivity contribution in [3.05, 3.63) is 58.4 Å². The van der Waals surface area contributed by atoms with E-state index in [-0.39, 0.29) is 23.3 Å². The largest absolute Gasteiger partial charge is 0.326 e. The van der Waals surface area contributed by atoms with E-state index < -0.39 is 11.1 Å². The number of thioether (sulfide) groups is 1. The molecule has 2 N–H and O–H groups in total. The van der Waals surface area contributed by atoms with Crippen molar-refractivity contribution in [3.8, 4) is 0 Å². The summed E-state index contributed by atoms with van der Waals surface area (Å²) in [5, 5.41) is 5.19. The summed E-state index contributed by atoms with van der Waals surface area (Å²) in [7, 11) is 0. The average Bonchev–Trinajstić information content (AvgIpc) is 2.93. The maximum Gasteiger partial charge on any atom is 0.240 e. The molecule has 1 saturated heterocycles. The Kier molecular flexibility index (Phi) is 5.82. The van der Waals surface area contributed by atoms with Crippen LogP contribution in [-0.4, -0.2) is 22.2 Å². The number of benzene rings is 2. The first-order chi connectivity index (χ1) is 12.8. The lowest BCUT2D eigenvalue weighted by atomic mass is 10.1. The van der Waals surface area contributed by atoms with E-state index in [2.05, 4.69) is 15.6 Å². The number of halogens is 2. The number of hydrogen-bond acceptors (Lipinski definition) is 4. The molecule has 2 aromatic rings. The van der Waals surface area contributed by atoms with Crippen LogP contribution in [0.5, 0.6) is 0 Å². The fourth-order valence-corrected chi connectivity index (χ4v) is 3.75. The lowest BCUT2D eigenvalue weighted by Crippen LogP contribution is -2.28. The number of nitrogens with zero attached hydrogens (tertiary/aromatic N) is 1. The Morgan fingerprint density at radius 1 is 1.30 bits per heavy atom. The standard InChI is InChI=1S/C19H17ClFN3O2S/c1-10-3-6-15(11(2)7-10)23-17(25)9-16-18(26)24-19(27-16)22-12-4-5-14(21)13(20)8-12/h3-8,16H,9H2,1-2H3,(H,23,25)(H,22,24,26)/t16-/m0/s1. The number of nitrogens with one attached hydrogen (secondary N) is 2. The maximum absolute atomic E-state index is 13.2. The fraction of sp³-hybridized carbons (Fsp3) is 0.211. The van der Waals surface area contributed by atoms with Gasteiger partial charge >= 0.3 is 0 Å². The van der Waals surface area contributed by atoms with Crippen molar-refractivity contribution in [1.29, 1.82) is 0 Å². The zero-order valence-electron chi connectivity index (χ0n) is 14.7. The number of rotatable bonds is 4. The van der Waals surface area contributed by atoms with Crippen LogP contribution in [-0.2, 0) is 9.59 Å².